The number of nitriles is 1. The van der Waals surface area contributed by atoms with Gasteiger partial charge in [0.05, 0.1) is 39.0 Å². The smallest absolute Gasteiger partial charge is 0.272 e. The largest absolute Gasteiger partial charge is 0.490 e. The van der Waals surface area contributed by atoms with Gasteiger partial charge < -0.3 is 19.9 Å². The Balaban J connectivity index is 0.899. The second-order valence-electron chi connectivity index (χ2n) is 14.8. The highest BCUT2D eigenvalue weighted by atomic mass is 35.5. The molecule has 1 atom stereocenters. The van der Waals surface area contributed by atoms with Gasteiger partial charge in [-0.05, 0) is 81.2 Å². The summed E-state index contributed by atoms with van der Waals surface area (Å²) in [6.07, 6.45) is 2.50. The van der Waals surface area contributed by atoms with Crippen molar-refractivity contribution in [3.05, 3.63) is 75.4 Å². The number of amides is 5. The first kappa shape index (κ1) is 31.2. The van der Waals surface area contributed by atoms with Crippen LogP contribution in [0.2, 0.25) is 5.02 Å². The van der Waals surface area contributed by atoms with Crippen molar-refractivity contribution < 1.29 is 48.5 Å². The fourth-order valence-electron chi connectivity index (χ4n) is 7.85. The molecule has 8 rings (SSSR count). The normalized spacial score (nSPS) is 28.3. The number of imide groups is 2. The summed E-state index contributed by atoms with van der Waals surface area (Å²) < 4.78 is 109. The van der Waals surface area contributed by atoms with Crippen LogP contribution in [0.1, 0.15) is 99.1 Å². The van der Waals surface area contributed by atoms with Gasteiger partial charge in [-0.1, -0.05) is 11.6 Å². The number of piperidine rings is 2. The highest BCUT2D eigenvalue weighted by Crippen LogP contribution is 2.36. The quantitative estimate of drug-likeness (QED) is 0.298. The zero-order chi connectivity index (χ0) is 48.5. The Hall–Kier alpha value is -5.73. The topological polar surface area (TPSA) is 181 Å². The number of aromatic nitrogens is 2. The van der Waals surface area contributed by atoms with Gasteiger partial charge in [0.1, 0.15) is 17.9 Å². The summed E-state index contributed by atoms with van der Waals surface area (Å²) in [4.78, 5) is 66.4. The average Bonchev–Trinajstić information content (AvgIpc) is 3.52. The highest BCUT2D eigenvalue weighted by molar-refractivity contribution is 6.31. The van der Waals surface area contributed by atoms with Crippen molar-refractivity contribution in [3.63, 3.8) is 0 Å². The Labute approximate surface area is 354 Å². The van der Waals surface area contributed by atoms with E-state index in [9.17, 15) is 24.0 Å². The molecule has 0 radical (unpaired) electrons. The summed E-state index contributed by atoms with van der Waals surface area (Å²) in [5.74, 6) is -8.59. The number of halogens is 3. The van der Waals surface area contributed by atoms with Gasteiger partial charge in [0.2, 0.25) is 11.8 Å². The molecule has 2 N–H and O–H groups in total. The minimum atomic E-state index is -3.67. The molecule has 3 saturated heterocycles. The van der Waals surface area contributed by atoms with Gasteiger partial charge in [0.15, 0.2) is 23.1 Å². The minimum absolute atomic E-state index is 0.0892. The first-order valence-corrected chi connectivity index (χ1v) is 19.4. The lowest BCUT2D eigenvalue weighted by atomic mass is 9.93. The van der Waals surface area contributed by atoms with Gasteiger partial charge in [-0.3, -0.25) is 39.1 Å². The maximum atomic E-state index is 16.1. The second-order valence-corrected chi connectivity index (χ2v) is 15.2. The Morgan fingerprint density at radius 1 is 0.932 bits per heavy atom. The summed E-state index contributed by atoms with van der Waals surface area (Å²) in [5, 5.41) is 22.7. The molecule has 18 heteroatoms. The van der Waals surface area contributed by atoms with E-state index in [-0.39, 0.29) is 48.4 Å². The first-order valence-electron chi connectivity index (χ1n) is 23.1. The van der Waals surface area contributed by atoms with Crippen LogP contribution >= 0.6 is 11.6 Å². The predicted molar refractivity (Wildman–Crippen MR) is 209 cm³/mol. The molecule has 4 aliphatic heterocycles. The lowest BCUT2D eigenvalue weighted by Crippen LogP contribution is -2.54. The molecule has 1 aromatic heterocycles. The molecule has 15 nitrogen and oxygen atoms in total. The number of rotatable bonds is 9. The Morgan fingerprint density at radius 2 is 1.68 bits per heavy atom. The van der Waals surface area contributed by atoms with Gasteiger partial charge in [-0.2, -0.15) is 5.26 Å². The van der Waals surface area contributed by atoms with Gasteiger partial charge >= 0.3 is 0 Å². The fourth-order valence-corrected chi connectivity index (χ4v) is 8.06. The van der Waals surface area contributed by atoms with E-state index in [1.165, 1.54) is 6.07 Å². The van der Waals surface area contributed by atoms with Gasteiger partial charge in [0.25, 0.3) is 17.7 Å². The van der Waals surface area contributed by atoms with Crippen molar-refractivity contribution >= 4 is 52.6 Å². The summed E-state index contributed by atoms with van der Waals surface area (Å²) in [7, 11) is 0. The number of nitrogens with one attached hydrogen (secondary N) is 2. The zero-order valence-electron chi connectivity index (χ0n) is 39.3. The number of piperazine rings is 1. The van der Waals surface area contributed by atoms with Gasteiger partial charge in [0, 0.05) is 69.6 Å². The molecular weight excluding hydrogens is 788 g/mol. The molecule has 0 bridgehead atoms. The predicted octanol–water partition coefficient (Wildman–Crippen LogP) is 3.84. The maximum absolute atomic E-state index is 16.1. The molecule has 3 aromatic rings. The number of benzene rings is 2. The van der Waals surface area contributed by atoms with Crippen molar-refractivity contribution in [3.8, 4) is 11.8 Å². The van der Waals surface area contributed by atoms with E-state index in [2.05, 4.69) is 15.5 Å². The van der Waals surface area contributed by atoms with Crippen molar-refractivity contribution in [2.45, 2.75) is 69.6 Å². The van der Waals surface area contributed by atoms with Crippen LogP contribution in [-0.2, 0) is 9.59 Å². The molecule has 1 unspecified atom stereocenters. The molecular formula is C41H42ClF2N9O6. The molecule has 4 fully saturated rings. The molecule has 5 aliphatic rings. The number of hydrogen-bond donors (Lipinski definition) is 2. The molecule has 0 spiro atoms. The number of carbonyl (C=O) groups is 5. The highest BCUT2D eigenvalue weighted by Gasteiger charge is 2.47. The van der Waals surface area contributed by atoms with Crippen LogP contribution in [-0.4, -0.2) is 113 Å². The second kappa shape index (κ2) is 16.9. The number of hydrogen-bond acceptors (Lipinski definition) is 12. The van der Waals surface area contributed by atoms with E-state index >= 15 is 8.78 Å². The van der Waals surface area contributed by atoms with E-state index < -0.39 is 102 Å². The van der Waals surface area contributed by atoms with Crippen LogP contribution in [0.3, 0.4) is 0 Å². The Morgan fingerprint density at radius 3 is 2.34 bits per heavy atom. The summed E-state index contributed by atoms with van der Waals surface area (Å²) in [6.45, 7) is -14.2. The van der Waals surface area contributed by atoms with E-state index in [0.717, 1.165) is 0 Å². The molecule has 308 valence electrons. The van der Waals surface area contributed by atoms with Crippen molar-refractivity contribution in [2.24, 2.45) is 5.92 Å². The third-order valence-corrected chi connectivity index (χ3v) is 11.4. The lowest BCUT2D eigenvalue weighted by molar-refractivity contribution is -0.136. The third kappa shape index (κ3) is 8.28. The lowest BCUT2D eigenvalue weighted by Gasteiger charge is -2.40. The summed E-state index contributed by atoms with van der Waals surface area (Å²) in [5.41, 5.74) is -2.99. The molecule has 59 heavy (non-hydrogen) atoms. The van der Waals surface area contributed by atoms with Crippen molar-refractivity contribution in [2.75, 3.05) is 55.4 Å². The number of ether oxygens (including phenoxy) is 1. The van der Waals surface area contributed by atoms with Crippen LogP contribution < -0.4 is 25.2 Å². The summed E-state index contributed by atoms with van der Waals surface area (Å²) >= 11 is 6.12. The number of anilines is 2. The van der Waals surface area contributed by atoms with E-state index in [0.29, 0.717) is 76.8 Å². The number of carbonyl (C=O) groups excluding carboxylic acids is 5. The maximum Gasteiger partial charge on any atom is 0.272 e. The Bertz CT molecular complexity index is 2570. The fraction of sp³-hybridized carbons (Fsp3) is 0.463. The number of nitrogens with zero attached hydrogens (tertiary/aromatic N) is 7. The van der Waals surface area contributed by atoms with E-state index in [1.54, 1.807) is 24.3 Å². The van der Waals surface area contributed by atoms with Gasteiger partial charge in [-0.15, -0.1) is 10.2 Å². The first-order chi connectivity index (χ1) is 31.5. The average molecular weight is 838 g/mol. The minimum Gasteiger partial charge on any atom is -0.490 e. The Kier molecular flexibility index (Phi) is 8.92. The number of fused-ring (bicyclic) bond motifs is 1. The third-order valence-electron chi connectivity index (χ3n) is 11.1. The molecule has 5 heterocycles. The van der Waals surface area contributed by atoms with E-state index in [4.69, 9.17) is 32.6 Å². The standard InChI is InChI=1S/C41H42ClF2N9O6/c42-29-19-27(4-1-24(29)21-45)59-26-5-2-25(3-6-26)46-38(55)30-7-9-33(49-48-30)52-13-11-23(12-14-52)22-50-15-17-51(18-16-50)32-20-28-35(37(44)36(32)43)41(58)53(40(28)57)31-8-10-34(54)47-39(31)56/h1,4,7,9,19-20,23,25-26,31H,2-3,5-6,8,10-18,22H2,(H,46,55)(H,47,54,56)/i15D2,16D2,17D2,18D2. The summed E-state index contributed by atoms with van der Waals surface area (Å²) in [6, 6.07) is 8.76. The van der Waals surface area contributed by atoms with Crippen LogP contribution in [0.25, 0.3) is 0 Å². The van der Waals surface area contributed by atoms with Crippen LogP contribution in [0.5, 0.6) is 5.75 Å². The van der Waals surface area contributed by atoms with Gasteiger partial charge in [-0.25, -0.2) is 8.78 Å². The van der Waals surface area contributed by atoms with Crippen LogP contribution in [0.15, 0.2) is 36.4 Å². The van der Waals surface area contributed by atoms with Crippen molar-refractivity contribution in [1.29, 1.82) is 5.26 Å². The molecule has 1 aliphatic carbocycles. The van der Waals surface area contributed by atoms with E-state index in [1.807, 2.05) is 16.3 Å². The zero-order valence-corrected chi connectivity index (χ0v) is 32.0. The monoisotopic (exact) mass is 837 g/mol. The molecule has 1 saturated carbocycles. The SMILES string of the molecule is [2H]C1([2H])N(CC2CCN(c3ccc(C(=O)NC4CCC(Oc5ccc(C#N)c(Cl)c5)CC4)nn3)CC2)C([2H])([2H])C([2H])([2H])N(c2cc3c(c(F)c2F)C(=O)N(C2CCC(=O)NC2=O)C3=O)C1([2H])[2H]. The molecule has 2 aromatic carbocycles. The van der Waals surface area contributed by atoms with Crippen LogP contribution in [0, 0.1) is 28.9 Å². The van der Waals surface area contributed by atoms with Crippen LogP contribution in [0.4, 0.5) is 20.3 Å². The van der Waals surface area contributed by atoms with Crippen molar-refractivity contribution in [1.82, 2.24) is 30.6 Å². The molecule has 5 amide bonds.